The van der Waals surface area contributed by atoms with Crippen molar-refractivity contribution >= 4 is 23.2 Å². The maximum atomic E-state index is 12.3. The molecule has 3 rings (SSSR count). The third kappa shape index (κ3) is 3.73. The summed E-state index contributed by atoms with van der Waals surface area (Å²) in [5.41, 5.74) is 10.5. The van der Waals surface area contributed by atoms with Crippen molar-refractivity contribution in [2.45, 2.75) is 33.2 Å². The van der Waals surface area contributed by atoms with Crippen LogP contribution in [0.2, 0.25) is 0 Å². The number of rotatable bonds is 7. The Kier molecular flexibility index (Phi) is 5.99. The third-order valence-electron chi connectivity index (χ3n) is 4.97. The molecule has 3 aromatic rings. The van der Waals surface area contributed by atoms with Crippen molar-refractivity contribution in [1.29, 1.82) is 0 Å². The minimum atomic E-state index is -0.436. The number of methoxy groups -OCH3 is 1. The maximum absolute atomic E-state index is 12.3. The summed E-state index contributed by atoms with van der Waals surface area (Å²) in [5, 5.41) is 2.07. The zero-order valence-electron chi connectivity index (χ0n) is 16.3. The number of nitrogens with two attached hydrogens (primary N) is 1. The van der Waals surface area contributed by atoms with Crippen LogP contribution in [0.15, 0.2) is 41.8 Å². The van der Waals surface area contributed by atoms with E-state index in [-0.39, 0.29) is 5.97 Å². The average molecular weight is 397 g/mol. The molecule has 2 aromatic heterocycles. The second-order valence-electron chi connectivity index (χ2n) is 6.55. The number of benzene rings is 1. The molecule has 0 saturated carbocycles. The van der Waals surface area contributed by atoms with Gasteiger partial charge in [0.15, 0.2) is 0 Å². The number of carbonyl (C=O) groups is 2. The first kappa shape index (κ1) is 19.9. The summed E-state index contributed by atoms with van der Waals surface area (Å²) in [5.74, 6) is -0.823. The van der Waals surface area contributed by atoms with Gasteiger partial charge in [0, 0.05) is 28.4 Å². The molecular formula is C22H24N2O3S. The minimum Gasteiger partial charge on any atom is -0.465 e. The number of nitrogens with zero attached hydrogens (tertiary/aromatic N) is 1. The lowest BCUT2D eigenvalue weighted by Gasteiger charge is -2.11. The average Bonchev–Trinajstić information content (AvgIpc) is 3.31. The van der Waals surface area contributed by atoms with Gasteiger partial charge in [0.05, 0.1) is 18.2 Å². The van der Waals surface area contributed by atoms with Crippen LogP contribution in [0.25, 0.3) is 11.1 Å². The van der Waals surface area contributed by atoms with E-state index in [0.717, 1.165) is 41.9 Å². The van der Waals surface area contributed by atoms with Gasteiger partial charge in [0.25, 0.3) is 5.91 Å². The van der Waals surface area contributed by atoms with E-state index in [1.807, 2.05) is 25.1 Å². The molecule has 0 radical (unpaired) electrons. The van der Waals surface area contributed by atoms with E-state index in [9.17, 15) is 9.59 Å². The van der Waals surface area contributed by atoms with Crippen molar-refractivity contribution in [1.82, 2.24) is 4.57 Å². The van der Waals surface area contributed by atoms with Crippen molar-refractivity contribution in [3.8, 4) is 11.1 Å². The first-order valence-corrected chi connectivity index (χ1v) is 10.1. The molecule has 0 spiro atoms. The fraction of sp³-hybridized carbons (Fsp3) is 0.273. The Labute approximate surface area is 168 Å². The van der Waals surface area contributed by atoms with Gasteiger partial charge in [-0.25, -0.2) is 4.79 Å². The Morgan fingerprint density at radius 2 is 1.89 bits per heavy atom. The lowest BCUT2D eigenvalue weighted by atomic mass is 9.98. The molecule has 2 heterocycles. The van der Waals surface area contributed by atoms with Gasteiger partial charge in [0.1, 0.15) is 0 Å². The van der Waals surface area contributed by atoms with Crippen molar-refractivity contribution in [3.63, 3.8) is 0 Å². The predicted molar refractivity (Wildman–Crippen MR) is 112 cm³/mol. The molecule has 1 aromatic carbocycles. The monoisotopic (exact) mass is 396 g/mol. The fourth-order valence-electron chi connectivity index (χ4n) is 3.65. The Hall–Kier alpha value is -2.86. The van der Waals surface area contributed by atoms with Crippen molar-refractivity contribution in [2.75, 3.05) is 7.11 Å². The molecule has 0 aliphatic rings. The van der Waals surface area contributed by atoms with Gasteiger partial charge in [0.2, 0.25) is 0 Å². The smallest absolute Gasteiger partial charge is 0.337 e. The lowest BCUT2D eigenvalue weighted by Crippen LogP contribution is -2.13. The Morgan fingerprint density at radius 1 is 1.18 bits per heavy atom. The van der Waals surface area contributed by atoms with Crippen LogP contribution in [0.3, 0.4) is 0 Å². The number of thiophene rings is 1. The van der Waals surface area contributed by atoms with Gasteiger partial charge in [-0.1, -0.05) is 25.1 Å². The van der Waals surface area contributed by atoms with Gasteiger partial charge in [-0.2, -0.15) is 0 Å². The van der Waals surface area contributed by atoms with Gasteiger partial charge in [-0.15, -0.1) is 11.3 Å². The van der Waals surface area contributed by atoms with E-state index < -0.39 is 5.91 Å². The van der Waals surface area contributed by atoms with Crippen LogP contribution in [-0.2, 0) is 24.1 Å². The standard InChI is InChI=1S/C22H24N2O3S/c1-4-18-20(15-7-9-16(10-8-15)22(26)27-3)19(21(23)25)14(2)24(18)12-11-17-6-5-13-28-17/h5-10,13H,4,11-12H2,1-3H3,(H2,23,25). The zero-order chi connectivity index (χ0) is 20.3. The number of hydrogen-bond donors (Lipinski definition) is 1. The third-order valence-corrected chi connectivity index (χ3v) is 5.91. The van der Waals surface area contributed by atoms with Crippen LogP contribution in [0.1, 0.15) is 43.9 Å². The molecular weight excluding hydrogens is 372 g/mol. The normalized spacial score (nSPS) is 10.8. The molecule has 6 heteroatoms. The number of primary amides is 1. The van der Waals surface area contributed by atoms with E-state index in [0.29, 0.717) is 11.1 Å². The number of hydrogen-bond acceptors (Lipinski definition) is 4. The molecule has 0 atom stereocenters. The number of esters is 1. The number of amides is 1. The Balaban J connectivity index is 2.07. The molecule has 0 unspecified atom stereocenters. The molecule has 28 heavy (non-hydrogen) atoms. The molecule has 2 N–H and O–H groups in total. The largest absolute Gasteiger partial charge is 0.465 e. The fourth-order valence-corrected chi connectivity index (χ4v) is 4.35. The zero-order valence-corrected chi connectivity index (χ0v) is 17.1. The van der Waals surface area contributed by atoms with Crippen LogP contribution < -0.4 is 5.73 Å². The van der Waals surface area contributed by atoms with Gasteiger partial charge < -0.3 is 15.0 Å². The van der Waals surface area contributed by atoms with Crippen molar-refractivity contribution in [3.05, 3.63) is 69.2 Å². The molecule has 0 saturated heterocycles. The molecule has 0 aliphatic heterocycles. The highest BCUT2D eigenvalue weighted by Crippen LogP contribution is 2.33. The molecule has 146 valence electrons. The first-order valence-electron chi connectivity index (χ1n) is 9.20. The van der Waals surface area contributed by atoms with Crippen LogP contribution in [0.5, 0.6) is 0 Å². The van der Waals surface area contributed by atoms with Gasteiger partial charge >= 0.3 is 5.97 Å². The molecule has 0 bridgehead atoms. The second-order valence-corrected chi connectivity index (χ2v) is 7.58. The Morgan fingerprint density at radius 3 is 2.43 bits per heavy atom. The number of carbonyl (C=O) groups excluding carboxylic acids is 2. The van der Waals surface area contributed by atoms with E-state index in [1.54, 1.807) is 23.5 Å². The van der Waals surface area contributed by atoms with Crippen LogP contribution >= 0.6 is 11.3 Å². The molecule has 0 aliphatic carbocycles. The topological polar surface area (TPSA) is 74.3 Å². The highest BCUT2D eigenvalue weighted by atomic mass is 32.1. The second kappa shape index (κ2) is 8.44. The van der Waals surface area contributed by atoms with Gasteiger partial charge in [-0.05, 0) is 48.9 Å². The van der Waals surface area contributed by atoms with E-state index in [2.05, 4.69) is 22.9 Å². The SMILES string of the molecule is CCc1c(-c2ccc(C(=O)OC)cc2)c(C(N)=O)c(C)n1CCc1cccs1. The maximum Gasteiger partial charge on any atom is 0.337 e. The van der Waals surface area contributed by atoms with Crippen LogP contribution in [-0.4, -0.2) is 23.6 Å². The highest BCUT2D eigenvalue weighted by Gasteiger charge is 2.24. The van der Waals surface area contributed by atoms with E-state index >= 15 is 0 Å². The Bertz CT molecular complexity index is 986. The highest BCUT2D eigenvalue weighted by molar-refractivity contribution is 7.09. The van der Waals surface area contributed by atoms with E-state index in [4.69, 9.17) is 10.5 Å². The summed E-state index contributed by atoms with van der Waals surface area (Å²) >= 11 is 1.73. The number of aryl methyl sites for hydroxylation is 1. The lowest BCUT2D eigenvalue weighted by molar-refractivity contribution is 0.0600. The summed E-state index contributed by atoms with van der Waals surface area (Å²) in [6.07, 6.45) is 1.67. The summed E-state index contributed by atoms with van der Waals surface area (Å²) in [4.78, 5) is 25.3. The minimum absolute atomic E-state index is 0.387. The summed E-state index contributed by atoms with van der Waals surface area (Å²) in [6, 6.07) is 11.3. The quantitative estimate of drug-likeness (QED) is 0.608. The summed E-state index contributed by atoms with van der Waals surface area (Å²) in [7, 11) is 1.35. The van der Waals surface area contributed by atoms with Gasteiger partial charge in [-0.3, -0.25) is 4.79 Å². The van der Waals surface area contributed by atoms with Crippen LogP contribution in [0, 0.1) is 6.92 Å². The number of ether oxygens (including phenoxy) is 1. The molecule has 1 amide bonds. The number of aromatic nitrogens is 1. The van der Waals surface area contributed by atoms with Crippen molar-refractivity contribution in [2.24, 2.45) is 5.73 Å². The first-order chi connectivity index (χ1) is 13.5. The molecule has 5 nitrogen and oxygen atoms in total. The predicted octanol–water partition coefficient (Wildman–Crippen LogP) is 4.22. The van der Waals surface area contributed by atoms with Crippen LogP contribution in [0.4, 0.5) is 0 Å². The van der Waals surface area contributed by atoms with Crippen molar-refractivity contribution < 1.29 is 14.3 Å². The molecule has 0 fully saturated rings. The summed E-state index contributed by atoms with van der Waals surface area (Å²) in [6.45, 7) is 4.81. The summed E-state index contributed by atoms with van der Waals surface area (Å²) < 4.78 is 6.96. The van der Waals surface area contributed by atoms with E-state index in [1.165, 1.54) is 12.0 Å².